The summed E-state index contributed by atoms with van der Waals surface area (Å²) in [5, 5.41) is 4.63. The zero-order valence-electron chi connectivity index (χ0n) is 15.7. The van der Waals surface area contributed by atoms with Gasteiger partial charge in [0, 0.05) is 5.69 Å². The molecule has 1 amide bonds. The summed E-state index contributed by atoms with van der Waals surface area (Å²) in [6.07, 6.45) is 1.62. The van der Waals surface area contributed by atoms with Gasteiger partial charge >= 0.3 is 5.97 Å². The standard InChI is InChI=1S/C22H19NO5S/c1-3-12-27-18-11-6-15(14-19(18)26-2)22(25)28-17-9-7-16(8-10-17)23-21(24)20-5-4-13-29-20/h3-11,13-14H,1,12H2,2H3,(H,23,24). The molecule has 0 saturated heterocycles. The molecule has 29 heavy (non-hydrogen) atoms. The van der Waals surface area contributed by atoms with Gasteiger partial charge in [0.2, 0.25) is 0 Å². The molecule has 0 saturated carbocycles. The molecule has 3 rings (SSSR count). The fraction of sp³-hybridized carbons (Fsp3) is 0.0909. The molecule has 148 valence electrons. The van der Waals surface area contributed by atoms with E-state index >= 15 is 0 Å². The third-order valence-corrected chi connectivity index (χ3v) is 4.69. The number of benzene rings is 2. The molecule has 2 aromatic carbocycles. The summed E-state index contributed by atoms with van der Waals surface area (Å²) in [7, 11) is 1.49. The molecule has 1 aromatic heterocycles. The first kappa shape index (κ1) is 20.2. The van der Waals surface area contributed by atoms with Gasteiger partial charge in [-0.2, -0.15) is 0 Å². The molecule has 0 unspecified atom stereocenters. The first-order chi connectivity index (χ1) is 14.1. The smallest absolute Gasteiger partial charge is 0.343 e. The molecule has 1 heterocycles. The zero-order chi connectivity index (χ0) is 20.6. The van der Waals surface area contributed by atoms with E-state index in [9.17, 15) is 9.59 Å². The molecule has 6 nitrogen and oxygen atoms in total. The van der Waals surface area contributed by atoms with Crippen molar-refractivity contribution < 1.29 is 23.8 Å². The number of thiophene rings is 1. The maximum atomic E-state index is 12.4. The summed E-state index contributed by atoms with van der Waals surface area (Å²) in [4.78, 5) is 25.1. The second-order valence-electron chi connectivity index (χ2n) is 5.81. The number of rotatable bonds is 8. The van der Waals surface area contributed by atoms with E-state index in [-0.39, 0.29) is 5.91 Å². The van der Waals surface area contributed by atoms with Gasteiger partial charge in [-0.3, -0.25) is 4.79 Å². The predicted octanol–water partition coefficient (Wildman–Crippen LogP) is 4.79. The SMILES string of the molecule is C=CCOc1ccc(C(=O)Oc2ccc(NC(=O)c3cccs3)cc2)cc1OC. The van der Waals surface area contributed by atoms with Crippen molar-refractivity contribution in [1.82, 2.24) is 0 Å². The third kappa shape index (κ3) is 5.24. The highest BCUT2D eigenvalue weighted by Gasteiger charge is 2.14. The van der Waals surface area contributed by atoms with Crippen LogP contribution in [0.1, 0.15) is 20.0 Å². The molecule has 0 aliphatic carbocycles. The molecule has 0 fully saturated rings. The second kappa shape index (κ2) is 9.57. The molecule has 0 spiro atoms. The monoisotopic (exact) mass is 409 g/mol. The van der Waals surface area contributed by atoms with Crippen LogP contribution in [0, 0.1) is 0 Å². The van der Waals surface area contributed by atoms with E-state index in [1.165, 1.54) is 18.4 Å². The number of carbonyl (C=O) groups excluding carboxylic acids is 2. The Morgan fingerprint density at radius 3 is 2.55 bits per heavy atom. The second-order valence-corrected chi connectivity index (χ2v) is 6.76. The van der Waals surface area contributed by atoms with E-state index in [1.807, 2.05) is 11.4 Å². The minimum atomic E-state index is -0.533. The summed E-state index contributed by atoms with van der Waals surface area (Å²) in [6.45, 7) is 3.92. The van der Waals surface area contributed by atoms with E-state index in [1.54, 1.807) is 54.6 Å². The van der Waals surface area contributed by atoms with Crippen molar-refractivity contribution in [2.45, 2.75) is 0 Å². The molecule has 0 radical (unpaired) electrons. The third-order valence-electron chi connectivity index (χ3n) is 3.82. The predicted molar refractivity (Wildman–Crippen MR) is 112 cm³/mol. The number of carbonyl (C=O) groups is 2. The van der Waals surface area contributed by atoms with Gasteiger partial charge in [0.05, 0.1) is 17.6 Å². The zero-order valence-corrected chi connectivity index (χ0v) is 16.5. The maximum Gasteiger partial charge on any atom is 0.343 e. The summed E-state index contributed by atoms with van der Waals surface area (Å²) in [6, 6.07) is 14.9. The van der Waals surface area contributed by atoms with E-state index in [0.29, 0.717) is 40.0 Å². The Morgan fingerprint density at radius 2 is 1.90 bits per heavy atom. The minimum Gasteiger partial charge on any atom is -0.493 e. The lowest BCUT2D eigenvalue weighted by Gasteiger charge is -2.11. The summed E-state index contributed by atoms with van der Waals surface area (Å²) in [5.41, 5.74) is 0.927. The number of ether oxygens (including phenoxy) is 3. The van der Waals surface area contributed by atoms with Crippen LogP contribution >= 0.6 is 11.3 Å². The van der Waals surface area contributed by atoms with E-state index in [0.717, 1.165) is 0 Å². The van der Waals surface area contributed by atoms with Crippen LogP contribution in [0.2, 0.25) is 0 Å². The number of hydrogen-bond acceptors (Lipinski definition) is 6. The van der Waals surface area contributed by atoms with Crippen molar-refractivity contribution in [2.75, 3.05) is 19.0 Å². The molecule has 3 aromatic rings. The molecule has 0 aliphatic rings. The highest BCUT2D eigenvalue weighted by molar-refractivity contribution is 7.12. The van der Waals surface area contributed by atoms with Crippen molar-refractivity contribution in [2.24, 2.45) is 0 Å². The summed E-state index contributed by atoms with van der Waals surface area (Å²) < 4.78 is 16.1. The van der Waals surface area contributed by atoms with E-state index in [2.05, 4.69) is 11.9 Å². The van der Waals surface area contributed by atoms with Crippen LogP contribution in [0.25, 0.3) is 0 Å². The van der Waals surface area contributed by atoms with Crippen LogP contribution in [0.4, 0.5) is 5.69 Å². The Hall–Kier alpha value is -3.58. The van der Waals surface area contributed by atoms with Crippen LogP contribution in [0.5, 0.6) is 17.2 Å². The van der Waals surface area contributed by atoms with Gasteiger partial charge < -0.3 is 19.5 Å². The summed E-state index contributed by atoms with van der Waals surface area (Å²) in [5.74, 6) is 0.572. The van der Waals surface area contributed by atoms with Crippen LogP contribution < -0.4 is 19.5 Å². The largest absolute Gasteiger partial charge is 0.493 e. The van der Waals surface area contributed by atoms with Crippen molar-refractivity contribution >= 4 is 28.9 Å². The Morgan fingerprint density at radius 1 is 1.10 bits per heavy atom. The topological polar surface area (TPSA) is 73.9 Å². The van der Waals surface area contributed by atoms with Crippen LogP contribution in [0.15, 0.2) is 72.6 Å². The fourth-order valence-corrected chi connectivity index (χ4v) is 3.05. The van der Waals surface area contributed by atoms with Crippen LogP contribution in [-0.4, -0.2) is 25.6 Å². The molecular weight excluding hydrogens is 390 g/mol. The van der Waals surface area contributed by atoms with Crippen molar-refractivity contribution in [1.29, 1.82) is 0 Å². The van der Waals surface area contributed by atoms with Crippen LogP contribution in [0.3, 0.4) is 0 Å². The maximum absolute atomic E-state index is 12.4. The van der Waals surface area contributed by atoms with Crippen molar-refractivity contribution in [3.8, 4) is 17.2 Å². The molecule has 0 aliphatic heterocycles. The quantitative estimate of drug-likeness (QED) is 0.329. The Labute approximate surface area is 172 Å². The molecule has 1 N–H and O–H groups in total. The lowest BCUT2D eigenvalue weighted by molar-refractivity contribution is 0.0734. The molecular formula is C22H19NO5S. The first-order valence-corrected chi connectivity index (χ1v) is 9.57. The van der Waals surface area contributed by atoms with Crippen molar-refractivity contribution in [3.63, 3.8) is 0 Å². The lowest BCUT2D eigenvalue weighted by atomic mass is 10.2. The number of esters is 1. The van der Waals surface area contributed by atoms with Gasteiger partial charge in [0.15, 0.2) is 11.5 Å². The van der Waals surface area contributed by atoms with E-state index < -0.39 is 5.97 Å². The number of anilines is 1. The summed E-state index contributed by atoms with van der Waals surface area (Å²) >= 11 is 1.36. The number of hydrogen-bond donors (Lipinski definition) is 1. The first-order valence-electron chi connectivity index (χ1n) is 8.69. The molecule has 7 heteroatoms. The Balaban J connectivity index is 1.64. The van der Waals surface area contributed by atoms with Crippen LogP contribution in [-0.2, 0) is 0 Å². The minimum absolute atomic E-state index is 0.185. The number of amides is 1. The van der Waals surface area contributed by atoms with Crippen molar-refractivity contribution in [3.05, 3.63) is 83.1 Å². The molecule has 0 atom stereocenters. The number of methoxy groups -OCH3 is 1. The van der Waals surface area contributed by atoms with E-state index in [4.69, 9.17) is 14.2 Å². The normalized spacial score (nSPS) is 10.1. The Bertz CT molecular complexity index is 997. The van der Waals surface area contributed by atoms with Gasteiger partial charge in [-0.1, -0.05) is 18.7 Å². The van der Waals surface area contributed by atoms with Gasteiger partial charge in [0.25, 0.3) is 5.91 Å². The van der Waals surface area contributed by atoms with Gasteiger partial charge in [-0.15, -0.1) is 11.3 Å². The van der Waals surface area contributed by atoms with Gasteiger partial charge in [-0.25, -0.2) is 4.79 Å². The van der Waals surface area contributed by atoms with Gasteiger partial charge in [-0.05, 0) is 53.9 Å². The Kier molecular flexibility index (Phi) is 6.65. The van der Waals surface area contributed by atoms with Gasteiger partial charge in [0.1, 0.15) is 12.4 Å². The average Bonchev–Trinajstić information content (AvgIpc) is 3.28. The fourth-order valence-electron chi connectivity index (χ4n) is 2.44. The lowest BCUT2D eigenvalue weighted by Crippen LogP contribution is -2.11. The number of nitrogens with one attached hydrogen (secondary N) is 1. The molecule has 0 bridgehead atoms. The highest BCUT2D eigenvalue weighted by atomic mass is 32.1. The average molecular weight is 409 g/mol. The highest BCUT2D eigenvalue weighted by Crippen LogP contribution is 2.29.